The molecule has 138 valence electrons. The van der Waals surface area contributed by atoms with E-state index in [1.54, 1.807) is 12.4 Å². The maximum absolute atomic E-state index is 9.14. The average molecular weight is 370 g/mol. The molecule has 2 aromatic carbocycles. The molecule has 0 spiro atoms. The molecule has 0 aliphatic heterocycles. The molecule has 0 fully saturated rings. The zero-order valence-electron chi connectivity index (χ0n) is 15.0. The van der Waals surface area contributed by atoms with E-state index in [0.717, 1.165) is 52.5 Å². The number of nitrogens with two attached hydrogens (primary N) is 1. The van der Waals surface area contributed by atoms with Crippen LogP contribution in [-0.4, -0.2) is 25.3 Å². The Balaban J connectivity index is 1.61. The van der Waals surface area contributed by atoms with Crippen molar-refractivity contribution in [3.63, 3.8) is 0 Å². The standard InChI is InChI=1S/C21H18N6O/c22-15-4-1-13(2-5-15)20-21(27-10-9-23-12-19(27)25-20)24-16-6-7-17-14(11-16)3-8-18(17)26-28/h1-2,4-7,9-12,24,28H,3,8,22H2. The van der Waals surface area contributed by atoms with Crippen molar-refractivity contribution in [1.29, 1.82) is 0 Å². The van der Waals surface area contributed by atoms with Gasteiger partial charge in [0.05, 0.1) is 11.9 Å². The van der Waals surface area contributed by atoms with Crippen LogP contribution in [0.4, 0.5) is 17.2 Å². The molecule has 2 aromatic heterocycles. The molecule has 7 nitrogen and oxygen atoms in total. The van der Waals surface area contributed by atoms with E-state index in [2.05, 4.69) is 21.5 Å². The van der Waals surface area contributed by atoms with Crippen LogP contribution >= 0.6 is 0 Å². The molecule has 28 heavy (non-hydrogen) atoms. The summed E-state index contributed by atoms with van der Waals surface area (Å²) in [4.78, 5) is 8.93. The number of anilines is 3. The fourth-order valence-electron chi connectivity index (χ4n) is 3.66. The SMILES string of the molecule is Nc1ccc(-c2nc3cnccn3c2Nc2ccc3c(c2)CCC3=NO)cc1. The fraction of sp³-hybridized carbons (Fsp3) is 0.0952. The molecule has 0 saturated heterocycles. The van der Waals surface area contributed by atoms with Crippen molar-refractivity contribution in [2.24, 2.45) is 5.16 Å². The Morgan fingerprint density at radius 1 is 1.11 bits per heavy atom. The maximum Gasteiger partial charge on any atom is 0.157 e. The van der Waals surface area contributed by atoms with E-state index in [-0.39, 0.29) is 0 Å². The minimum atomic E-state index is 0.712. The lowest BCUT2D eigenvalue weighted by Gasteiger charge is -2.10. The molecule has 4 aromatic rings. The van der Waals surface area contributed by atoms with Crippen LogP contribution in [0.5, 0.6) is 0 Å². The Kier molecular flexibility index (Phi) is 3.72. The molecule has 1 aliphatic rings. The number of imidazole rings is 1. The van der Waals surface area contributed by atoms with Crippen molar-refractivity contribution >= 4 is 28.6 Å². The van der Waals surface area contributed by atoms with Gasteiger partial charge in [-0.1, -0.05) is 23.4 Å². The molecule has 7 heteroatoms. The van der Waals surface area contributed by atoms with E-state index in [1.807, 2.05) is 47.0 Å². The van der Waals surface area contributed by atoms with Gasteiger partial charge in [-0.25, -0.2) is 4.98 Å². The van der Waals surface area contributed by atoms with Crippen molar-refractivity contribution in [2.45, 2.75) is 12.8 Å². The second-order valence-corrected chi connectivity index (χ2v) is 6.78. The van der Waals surface area contributed by atoms with Gasteiger partial charge in [-0.3, -0.25) is 9.38 Å². The molecule has 0 unspecified atom stereocenters. The van der Waals surface area contributed by atoms with Gasteiger partial charge in [0.15, 0.2) is 5.65 Å². The van der Waals surface area contributed by atoms with Crippen molar-refractivity contribution in [2.75, 3.05) is 11.1 Å². The van der Waals surface area contributed by atoms with E-state index in [0.29, 0.717) is 5.69 Å². The Hall–Kier alpha value is -3.87. The number of benzene rings is 2. The molecule has 5 rings (SSSR count). The first-order chi connectivity index (χ1) is 13.7. The van der Waals surface area contributed by atoms with E-state index in [4.69, 9.17) is 15.9 Å². The Labute approximate surface area is 161 Å². The Morgan fingerprint density at radius 3 is 2.79 bits per heavy atom. The smallest absolute Gasteiger partial charge is 0.157 e. The highest BCUT2D eigenvalue weighted by atomic mass is 16.4. The molecular weight excluding hydrogens is 352 g/mol. The van der Waals surface area contributed by atoms with Crippen LogP contribution in [0.2, 0.25) is 0 Å². The van der Waals surface area contributed by atoms with Crippen LogP contribution in [-0.2, 0) is 6.42 Å². The molecule has 0 saturated carbocycles. The van der Waals surface area contributed by atoms with E-state index in [1.165, 1.54) is 5.56 Å². The molecule has 0 amide bonds. The summed E-state index contributed by atoms with van der Waals surface area (Å²) in [6.45, 7) is 0. The quantitative estimate of drug-likeness (QED) is 0.289. The summed E-state index contributed by atoms with van der Waals surface area (Å²) in [6.07, 6.45) is 6.98. The normalized spacial score (nSPS) is 14.5. The molecule has 0 bridgehead atoms. The molecule has 0 atom stereocenters. The summed E-state index contributed by atoms with van der Waals surface area (Å²) in [5, 5.41) is 16.0. The van der Waals surface area contributed by atoms with Crippen LogP contribution in [0.15, 0.2) is 66.2 Å². The fourth-order valence-corrected chi connectivity index (χ4v) is 3.66. The van der Waals surface area contributed by atoms with Gasteiger partial charge in [0.25, 0.3) is 0 Å². The summed E-state index contributed by atoms with van der Waals surface area (Å²) in [6, 6.07) is 13.7. The summed E-state index contributed by atoms with van der Waals surface area (Å²) < 4.78 is 1.98. The minimum Gasteiger partial charge on any atom is -0.411 e. The summed E-state index contributed by atoms with van der Waals surface area (Å²) >= 11 is 0. The number of hydrogen-bond donors (Lipinski definition) is 3. The van der Waals surface area contributed by atoms with Gasteiger partial charge >= 0.3 is 0 Å². The Bertz CT molecular complexity index is 1210. The minimum absolute atomic E-state index is 0.712. The summed E-state index contributed by atoms with van der Waals surface area (Å²) in [5.74, 6) is 0.858. The van der Waals surface area contributed by atoms with Crippen LogP contribution in [0.25, 0.3) is 16.9 Å². The predicted octanol–water partition coefficient (Wildman–Crippen LogP) is 3.85. The molecule has 1 aliphatic carbocycles. The highest BCUT2D eigenvalue weighted by Crippen LogP contribution is 2.33. The third kappa shape index (κ3) is 2.64. The van der Waals surface area contributed by atoms with Crippen LogP contribution < -0.4 is 11.1 Å². The number of aryl methyl sites for hydroxylation is 1. The Morgan fingerprint density at radius 2 is 1.96 bits per heavy atom. The number of oxime groups is 1. The first kappa shape index (κ1) is 16.3. The zero-order valence-corrected chi connectivity index (χ0v) is 15.0. The topological polar surface area (TPSA) is 101 Å². The summed E-state index contributed by atoms with van der Waals surface area (Å²) in [5.41, 5.74) is 13.0. The van der Waals surface area contributed by atoms with Crippen LogP contribution in [0.3, 0.4) is 0 Å². The van der Waals surface area contributed by atoms with Gasteiger partial charge in [-0.15, -0.1) is 0 Å². The third-order valence-electron chi connectivity index (χ3n) is 5.05. The third-order valence-corrected chi connectivity index (χ3v) is 5.05. The highest BCUT2D eigenvalue weighted by Gasteiger charge is 2.20. The number of nitrogens with one attached hydrogen (secondary N) is 1. The highest BCUT2D eigenvalue weighted by molar-refractivity contribution is 6.04. The molecule has 2 heterocycles. The number of fused-ring (bicyclic) bond motifs is 2. The lowest BCUT2D eigenvalue weighted by atomic mass is 10.1. The number of rotatable bonds is 3. The van der Waals surface area contributed by atoms with E-state index in [9.17, 15) is 0 Å². The zero-order chi connectivity index (χ0) is 19.1. The van der Waals surface area contributed by atoms with Crippen molar-refractivity contribution in [1.82, 2.24) is 14.4 Å². The summed E-state index contributed by atoms with van der Waals surface area (Å²) in [7, 11) is 0. The number of aromatic nitrogens is 3. The number of hydrogen-bond acceptors (Lipinski definition) is 6. The first-order valence-electron chi connectivity index (χ1n) is 9.02. The van der Waals surface area contributed by atoms with Crippen molar-refractivity contribution in [3.05, 3.63) is 72.2 Å². The number of nitrogen functional groups attached to an aromatic ring is 1. The average Bonchev–Trinajstić information content (AvgIpc) is 3.30. The second kappa shape index (κ2) is 6.38. The van der Waals surface area contributed by atoms with Gasteiger partial charge in [0, 0.05) is 34.9 Å². The van der Waals surface area contributed by atoms with Gasteiger partial charge in [0.2, 0.25) is 0 Å². The lowest BCUT2D eigenvalue weighted by molar-refractivity contribution is 0.318. The monoisotopic (exact) mass is 370 g/mol. The molecule has 0 radical (unpaired) electrons. The van der Waals surface area contributed by atoms with Gasteiger partial charge < -0.3 is 16.3 Å². The lowest BCUT2D eigenvalue weighted by Crippen LogP contribution is -1.99. The van der Waals surface area contributed by atoms with Crippen molar-refractivity contribution in [3.8, 4) is 11.3 Å². The van der Waals surface area contributed by atoms with Crippen LogP contribution in [0, 0.1) is 0 Å². The first-order valence-corrected chi connectivity index (χ1v) is 9.02. The number of nitrogens with zero attached hydrogens (tertiary/aromatic N) is 4. The largest absolute Gasteiger partial charge is 0.411 e. The molecular formula is C21H18N6O. The van der Waals surface area contributed by atoms with Crippen molar-refractivity contribution < 1.29 is 5.21 Å². The van der Waals surface area contributed by atoms with E-state index >= 15 is 0 Å². The van der Waals surface area contributed by atoms with Gasteiger partial charge in [-0.05, 0) is 42.7 Å². The second-order valence-electron chi connectivity index (χ2n) is 6.78. The van der Waals surface area contributed by atoms with E-state index < -0.39 is 0 Å². The predicted molar refractivity (Wildman–Crippen MR) is 109 cm³/mol. The maximum atomic E-state index is 9.14. The van der Waals surface area contributed by atoms with Gasteiger partial charge in [0.1, 0.15) is 11.5 Å². The van der Waals surface area contributed by atoms with Crippen LogP contribution in [0.1, 0.15) is 17.5 Å². The molecule has 4 N–H and O–H groups in total. The van der Waals surface area contributed by atoms with Gasteiger partial charge in [-0.2, -0.15) is 0 Å².